The molecule has 0 saturated heterocycles. The zero-order valence-electron chi connectivity index (χ0n) is 15.5. The summed E-state index contributed by atoms with van der Waals surface area (Å²) >= 11 is 6.15. The zero-order chi connectivity index (χ0) is 19.1. The van der Waals surface area contributed by atoms with Gasteiger partial charge < -0.3 is 19.5 Å². The number of hydrogen-bond donors (Lipinski definition) is 1. The van der Waals surface area contributed by atoms with E-state index in [9.17, 15) is 9.59 Å². The van der Waals surface area contributed by atoms with Gasteiger partial charge in [-0.3, -0.25) is 4.79 Å². The van der Waals surface area contributed by atoms with Gasteiger partial charge in [-0.2, -0.15) is 0 Å². The lowest BCUT2D eigenvalue weighted by Gasteiger charge is -2.29. The van der Waals surface area contributed by atoms with Gasteiger partial charge in [0, 0.05) is 6.04 Å². The van der Waals surface area contributed by atoms with Crippen molar-refractivity contribution in [3.63, 3.8) is 0 Å². The Hall–Kier alpha value is -1.95. The monoisotopic (exact) mass is 383 g/mol. The number of carbonyl (C=O) groups excluding carboxylic acids is 2. The van der Waals surface area contributed by atoms with Crippen LogP contribution in [0.15, 0.2) is 12.1 Å². The van der Waals surface area contributed by atoms with Crippen molar-refractivity contribution >= 4 is 23.5 Å². The topological polar surface area (TPSA) is 73.9 Å². The summed E-state index contributed by atoms with van der Waals surface area (Å²) in [7, 11) is 1.46. The van der Waals surface area contributed by atoms with Gasteiger partial charge in [0.2, 0.25) is 0 Å². The quantitative estimate of drug-likeness (QED) is 0.728. The molecule has 0 heterocycles. The Balaban J connectivity index is 1.94. The lowest BCUT2D eigenvalue weighted by Crippen LogP contribution is -2.42. The standard InChI is InChI=1S/C19H26ClNO5/c1-4-25-18-14(20)9-13(10-16(18)24-3)19(23)26-11-17(22)21-15-8-6-5-7-12(15)2/h9-10,12,15H,4-8,11H2,1-3H3,(H,21,22)/t12-,15+/m0/s1. The van der Waals surface area contributed by atoms with E-state index in [-0.39, 0.29) is 29.1 Å². The first-order valence-electron chi connectivity index (χ1n) is 8.93. The van der Waals surface area contributed by atoms with E-state index in [0.717, 1.165) is 19.3 Å². The number of rotatable bonds is 7. The van der Waals surface area contributed by atoms with Crippen molar-refractivity contribution in [1.29, 1.82) is 0 Å². The van der Waals surface area contributed by atoms with Gasteiger partial charge >= 0.3 is 5.97 Å². The average molecular weight is 384 g/mol. The summed E-state index contributed by atoms with van der Waals surface area (Å²) in [6, 6.07) is 3.08. The highest BCUT2D eigenvalue weighted by atomic mass is 35.5. The van der Waals surface area contributed by atoms with Crippen molar-refractivity contribution in [3.8, 4) is 11.5 Å². The first-order valence-corrected chi connectivity index (χ1v) is 9.30. The summed E-state index contributed by atoms with van der Waals surface area (Å²) in [5, 5.41) is 3.20. The molecule has 0 bridgehead atoms. The van der Waals surface area contributed by atoms with Crippen LogP contribution >= 0.6 is 11.6 Å². The van der Waals surface area contributed by atoms with E-state index < -0.39 is 5.97 Å². The van der Waals surface area contributed by atoms with Crippen molar-refractivity contribution in [2.45, 2.75) is 45.6 Å². The van der Waals surface area contributed by atoms with E-state index in [2.05, 4.69) is 12.2 Å². The first kappa shape index (κ1) is 20.4. The molecule has 26 heavy (non-hydrogen) atoms. The number of benzene rings is 1. The summed E-state index contributed by atoms with van der Waals surface area (Å²) in [4.78, 5) is 24.3. The molecule has 0 unspecified atom stereocenters. The van der Waals surface area contributed by atoms with Gasteiger partial charge in [-0.25, -0.2) is 4.79 Å². The number of amides is 1. The molecule has 7 heteroatoms. The molecule has 144 valence electrons. The van der Waals surface area contributed by atoms with Crippen LogP contribution in [-0.2, 0) is 9.53 Å². The molecular weight excluding hydrogens is 358 g/mol. The van der Waals surface area contributed by atoms with Gasteiger partial charge in [-0.1, -0.05) is 31.4 Å². The second-order valence-electron chi connectivity index (χ2n) is 6.43. The van der Waals surface area contributed by atoms with Crippen LogP contribution in [0.1, 0.15) is 49.9 Å². The summed E-state index contributed by atoms with van der Waals surface area (Å²) in [6.45, 7) is 4.04. The number of methoxy groups -OCH3 is 1. The van der Waals surface area contributed by atoms with Crippen molar-refractivity contribution in [2.24, 2.45) is 5.92 Å². The molecule has 0 radical (unpaired) electrons. The third-order valence-electron chi connectivity index (χ3n) is 4.55. The maximum absolute atomic E-state index is 12.2. The van der Waals surface area contributed by atoms with Crippen LogP contribution in [0, 0.1) is 5.92 Å². The van der Waals surface area contributed by atoms with Gasteiger partial charge in [0.15, 0.2) is 18.1 Å². The number of ether oxygens (including phenoxy) is 3. The molecule has 1 aromatic rings. The predicted molar refractivity (Wildman–Crippen MR) is 99.0 cm³/mol. The van der Waals surface area contributed by atoms with Gasteiger partial charge in [-0.05, 0) is 37.8 Å². The largest absolute Gasteiger partial charge is 0.493 e. The number of halogens is 1. The summed E-state index contributed by atoms with van der Waals surface area (Å²) < 4.78 is 15.7. The molecule has 1 aliphatic carbocycles. The van der Waals surface area contributed by atoms with Gasteiger partial charge in [-0.15, -0.1) is 0 Å². The van der Waals surface area contributed by atoms with Crippen LogP contribution < -0.4 is 14.8 Å². The van der Waals surface area contributed by atoms with E-state index in [1.54, 1.807) is 0 Å². The maximum Gasteiger partial charge on any atom is 0.338 e. The second-order valence-corrected chi connectivity index (χ2v) is 6.84. The van der Waals surface area contributed by atoms with E-state index in [0.29, 0.717) is 24.0 Å². The lowest BCUT2D eigenvalue weighted by molar-refractivity contribution is -0.125. The molecule has 1 N–H and O–H groups in total. The molecule has 0 spiro atoms. The average Bonchev–Trinajstić information content (AvgIpc) is 2.63. The number of carbonyl (C=O) groups is 2. The molecule has 6 nitrogen and oxygen atoms in total. The van der Waals surface area contributed by atoms with Crippen molar-refractivity contribution < 1.29 is 23.8 Å². The van der Waals surface area contributed by atoms with Crippen LogP contribution in [0.3, 0.4) is 0 Å². The van der Waals surface area contributed by atoms with Crippen LogP contribution in [0.25, 0.3) is 0 Å². The van der Waals surface area contributed by atoms with E-state index in [1.165, 1.54) is 25.7 Å². The van der Waals surface area contributed by atoms with Crippen molar-refractivity contribution in [2.75, 3.05) is 20.3 Å². The van der Waals surface area contributed by atoms with E-state index >= 15 is 0 Å². The first-order chi connectivity index (χ1) is 12.5. The van der Waals surface area contributed by atoms with Crippen LogP contribution in [0.4, 0.5) is 0 Å². The lowest BCUT2D eigenvalue weighted by atomic mass is 9.86. The minimum absolute atomic E-state index is 0.148. The molecule has 1 aromatic carbocycles. The summed E-state index contributed by atoms with van der Waals surface area (Å²) in [5.74, 6) is 0.225. The number of nitrogens with one attached hydrogen (secondary N) is 1. The van der Waals surface area contributed by atoms with Crippen LogP contribution in [-0.4, -0.2) is 38.2 Å². The molecule has 1 aliphatic rings. The molecule has 2 rings (SSSR count). The van der Waals surface area contributed by atoms with Gasteiger partial charge in [0.1, 0.15) is 0 Å². The smallest absolute Gasteiger partial charge is 0.338 e. The van der Waals surface area contributed by atoms with E-state index in [4.69, 9.17) is 25.8 Å². The van der Waals surface area contributed by atoms with Gasteiger partial charge in [0.05, 0.1) is 24.3 Å². The Labute approximate surface area is 159 Å². The van der Waals surface area contributed by atoms with Gasteiger partial charge in [0.25, 0.3) is 5.91 Å². The predicted octanol–water partition coefficient (Wildman–Crippen LogP) is 3.60. The summed E-state index contributed by atoms with van der Waals surface area (Å²) in [6.07, 6.45) is 4.38. The SMILES string of the molecule is CCOc1c(Cl)cc(C(=O)OCC(=O)N[C@@H]2CCCC[C@@H]2C)cc1OC. The third kappa shape index (κ3) is 5.27. The molecule has 0 aliphatic heterocycles. The highest BCUT2D eigenvalue weighted by molar-refractivity contribution is 6.32. The fourth-order valence-corrected chi connectivity index (χ4v) is 3.38. The van der Waals surface area contributed by atoms with Crippen molar-refractivity contribution in [3.05, 3.63) is 22.7 Å². The third-order valence-corrected chi connectivity index (χ3v) is 4.83. The van der Waals surface area contributed by atoms with Crippen LogP contribution in [0.5, 0.6) is 11.5 Å². The Morgan fingerprint density at radius 1 is 1.27 bits per heavy atom. The highest BCUT2D eigenvalue weighted by Crippen LogP contribution is 2.36. The van der Waals surface area contributed by atoms with Crippen molar-refractivity contribution in [1.82, 2.24) is 5.32 Å². The molecule has 2 atom stereocenters. The number of esters is 1. The minimum Gasteiger partial charge on any atom is -0.493 e. The Morgan fingerprint density at radius 2 is 2.00 bits per heavy atom. The maximum atomic E-state index is 12.2. The molecule has 1 amide bonds. The number of hydrogen-bond acceptors (Lipinski definition) is 5. The van der Waals surface area contributed by atoms with E-state index in [1.807, 2.05) is 6.92 Å². The fourth-order valence-electron chi connectivity index (χ4n) is 3.12. The Bertz CT molecular complexity index is 649. The molecule has 0 aromatic heterocycles. The molecule has 1 fully saturated rings. The highest BCUT2D eigenvalue weighted by Gasteiger charge is 2.23. The normalized spacial score (nSPS) is 19.5. The Morgan fingerprint density at radius 3 is 2.65 bits per heavy atom. The summed E-state index contributed by atoms with van der Waals surface area (Å²) in [5.41, 5.74) is 0.203. The zero-order valence-corrected chi connectivity index (χ0v) is 16.2. The Kier molecular flexibility index (Phi) is 7.57. The molecular formula is C19H26ClNO5. The molecule has 1 saturated carbocycles. The second kappa shape index (κ2) is 9.67. The minimum atomic E-state index is -0.639. The fraction of sp³-hybridized carbons (Fsp3) is 0.579. The van der Waals surface area contributed by atoms with Crippen LogP contribution in [0.2, 0.25) is 5.02 Å².